The van der Waals surface area contributed by atoms with Gasteiger partial charge in [0.15, 0.2) is 0 Å². The molecule has 0 amide bonds. The molecule has 0 radical (unpaired) electrons. The summed E-state index contributed by atoms with van der Waals surface area (Å²) in [6.07, 6.45) is 0.784. The largest absolute Gasteiger partial charge is 0.488 e. The van der Waals surface area contributed by atoms with E-state index in [9.17, 15) is 13.9 Å². The molecule has 0 bridgehead atoms. The molecular weight excluding hydrogens is 278 g/mol. The van der Waals surface area contributed by atoms with Gasteiger partial charge >= 0.3 is 0 Å². The lowest BCUT2D eigenvalue weighted by Crippen LogP contribution is -2.07. The van der Waals surface area contributed by atoms with Crippen LogP contribution in [0.2, 0.25) is 0 Å². The smallest absolute Gasteiger partial charge is 0.272 e. The van der Waals surface area contributed by atoms with E-state index in [1.54, 1.807) is 42.7 Å². The van der Waals surface area contributed by atoms with Crippen molar-refractivity contribution in [2.24, 2.45) is 0 Å². The third kappa shape index (κ3) is 4.68. The third-order valence-corrected chi connectivity index (χ3v) is 2.86. The van der Waals surface area contributed by atoms with Gasteiger partial charge in [-0.15, -0.1) is 0 Å². The second-order valence-electron chi connectivity index (χ2n) is 4.39. The highest BCUT2D eigenvalue weighted by atomic mass is 19.3. The molecule has 2 rings (SSSR count). The standard InChI is InChI=1S/C15H16F2N2O2/c16-15(17)10-21-13-3-1-11(2-4-13)7-19-14-8-18-6-5-12(14)9-20/h1-6,8,15,19-20H,7,9-10H2. The number of alkyl halides is 2. The SMILES string of the molecule is OCc1ccncc1NCc1ccc(OCC(F)F)cc1. The minimum absolute atomic E-state index is 0.0642. The Kier molecular flexibility index (Phi) is 5.45. The van der Waals surface area contributed by atoms with Crippen LogP contribution in [-0.2, 0) is 13.2 Å². The van der Waals surface area contributed by atoms with E-state index in [0.29, 0.717) is 12.3 Å². The van der Waals surface area contributed by atoms with Gasteiger partial charge in [0.1, 0.15) is 12.4 Å². The summed E-state index contributed by atoms with van der Waals surface area (Å²) in [5.74, 6) is 0.413. The summed E-state index contributed by atoms with van der Waals surface area (Å²) in [4.78, 5) is 4.00. The molecule has 1 aromatic carbocycles. The van der Waals surface area contributed by atoms with Gasteiger partial charge in [-0.25, -0.2) is 8.78 Å². The summed E-state index contributed by atoms with van der Waals surface area (Å²) in [5, 5.41) is 12.4. The number of hydrogen-bond donors (Lipinski definition) is 2. The lowest BCUT2D eigenvalue weighted by Gasteiger charge is -2.10. The molecule has 0 saturated carbocycles. The van der Waals surface area contributed by atoms with Crippen molar-refractivity contribution in [1.29, 1.82) is 0 Å². The highest BCUT2D eigenvalue weighted by Crippen LogP contribution is 2.17. The van der Waals surface area contributed by atoms with Gasteiger partial charge < -0.3 is 15.2 Å². The maximum atomic E-state index is 12.0. The van der Waals surface area contributed by atoms with Gasteiger partial charge in [-0.1, -0.05) is 12.1 Å². The first-order valence-electron chi connectivity index (χ1n) is 6.46. The second kappa shape index (κ2) is 7.54. The van der Waals surface area contributed by atoms with Crippen LogP contribution >= 0.6 is 0 Å². The second-order valence-corrected chi connectivity index (χ2v) is 4.39. The van der Waals surface area contributed by atoms with E-state index in [4.69, 9.17) is 4.74 Å². The van der Waals surface area contributed by atoms with Crippen molar-refractivity contribution < 1.29 is 18.6 Å². The van der Waals surface area contributed by atoms with Crippen LogP contribution in [0.1, 0.15) is 11.1 Å². The van der Waals surface area contributed by atoms with Crippen molar-refractivity contribution in [2.75, 3.05) is 11.9 Å². The van der Waals surface area contributed by atoms with E-state index in [1.165, 1.54) is 0 Å². The number of ether oxygens (including phenoxy) is 1. The number of halogens is 2. The fraction of sp³-hybridized carbons (Fsp3) is 0.267. The molecule has 0 unspecified atom stereocenters. The average molecular weight is 294 g/mol. The van der Waals surface area contributed by atoms with Crippen LogP contribution in [0.15, 0.2) is 42.7 Å². The normalized spacial score (nSPS) is 10.7. The Labute approximate surface area is 121 Å². The van der Waals surface area contributed by atoms with Gasteiger partial charge in [0.05, 0.1) is 18.5 Å². The highest BCUT2D eigenvalue weighted by molar-refractivity contribution is 5.49. The number of nitrogens with zero attached hydrogens (tertiary/aromatic N) is 1. The highest BCUT2D eigenvalue weighted by Gasteiger charge is 2.04. The molecule has 1 heterocycles. The van der Waals surface area contributed by atoms with E-state index in [1.807, 2.05) is 0 Å². The van der Waals surface area contributed by atoms with Crippen molar-refractivity contribution in [3.63, 3.8) is 0 Å². The zero-order valence-electron chi connectivity index (χ0n) is 11.3. The number of pyridine rings is 1. The number of aliphatic hydroxyl groups is 1. The molecule has 1 aromatic heterocycles. The third-order valence-electron chi connectivity index (χ3n) is 2.86. The molecule has 0 saturated heterocycles. The quantitative estimate of drug-likeness (QED) is 0.824. The van der Waals surface area contributed by atoms with Crippen LogP contribution in [0.3, 0.4) is 0 Å². The zero-order chi connectivity index (χ0) is 15.1. The monoisotopic (exact) mass is 294 g/mol. The average Bonchev–Trinajstić information content (AvgIpc) is 2.52. The van der Waals surface area contributed by atoms with E-state index in [-0.39, 0.29) is 6.61 Å². The molecule has 6 heteroatoms. The predicted octanol–water partition coefficient (Wildman–Crippen LogP) is 2.83. The van der Waals surface area contributed by atoms with Gasteiger partial charge in [0.25, 0.3) is 6.43 Å². The fourth-order valence-corrected chi connectivity index (χ4v) is 1.78. The number of nitrogens with one attached hydrogen (secondary N) is 1. The van der Waals surface area contributed by atoms with Crippen molar-refractivity contribution >= 4 is 5.69 Å². The Hall–Kier alpha value is -2.21. The number of benzene rings is 1. The van der Waals surface area contributed by atoms with Gasteiger partial charge in [0.2, 0.25) is 0 Å². The molecular formula is C15H16F2N2O2. The Morgan fingerprint density at radius 3 is 2.62 bits per heavy atom. The number of hydrogen-bond acceptors (Lipinski definition) is 4. The lowest BCUT2D eigenvalue weighted by molar-refractivity contribution is 0.0819. The molecule has 0 spiro atoms. The molecule has 4 nitrogen and oxygen atoms in total. The van der Waals surface area contributed by atoms with Gasteiger partial charge in [-0.2, -0.15) is 0 Å². The van der Waals surface area contributed by atoms with Crippen LogP contribution < -0.4 is 10.1 Å². The van der Waals surface area contributed by atoms with Crippen LogP contribution in [-0.4, -0.2) is 23.1 Å². The molecule has 0 aliphatic carbocycles. The molecule has 112 valence electrons. The molecule has 2 N–H and O–H groups in total. The minimum atomic E-state index is -2.48. The van der Waals surface area contributed by atoms with Crippen LogP contribution in [0, 0.1) is 0 Å². The topological polar surface area (TPSA) is 54.4 Å². The lowest BCUT2D eigenvalue weighted by atomic mass is 10.2. The van der Waals surface area contributed by atoms with Crippen molar-refractivity contribution in [3.8, 4) is 5.75 Å². The van der Waals surface area contributed by atoms with Crippen LogP contribution in [0.25, 0.3) is 0 Å². The number of rotatable bonds is 7. The van der Waals surface area contributed by atoms with Crippen molar-refractivity contribution in [2.45, 2.75) is 19.6 Å². The maximum absolute atomic E-state index is 12.0. The number of aromatic nitrogens is 1. The Bertz CT molecular complexity index is 562. The van der Waals surface area contributed by atoms with E-state index >= 15 is 0 Å². The molecule has 21 heavy (non-hydrogen) atoms. The Morgan fingerprint density at radius 2 is 1.95 bits per heavy atom. The summed E-state index contributed by atoms with van der Waals surface area (Å²) in [5.41, 5.74) is 2.49. The molecule has 0 fully saturated rings. The first kappa shape index (κ1) is 15.2. The summed E-state index contributed by atoms with van der Waals surface area (Å²) in [6.45, 7) is -0.133. The Balaban J connectivity index is 1.91. The predicted molar refractivity (Wildman–Crippen MR) is 75.4 cm³/mol. The first-order chi connectivity index (χ1) is 10.2. The molecule has 0 aliphatic rings. The van der Waals surface area contributed by atoms with E-state index in [2.05, 4.69) is 10.3 Å². The van der Waals surface area contributed by atoms with Gasteiger partial charge in [0, 0.05) is 18.3 Å². The fourth-order valence-electron chi connectivity index (χ4n) is 1.78. The summed E-state index contributed by atoms with van der Waals surface area (Å²) in [6, 6.07) is 8.63. The van der Waals surface area contributed by atoms with E-state index in [0.717, 1.165) is 16.8 Å². The number of aliphatic hydroxyl groups excluding tert-OH is 1. The van der Waals surface area contributed by atoms with Gasteiger partial charge in [-0.05, 0) is 23.8 Å². The number of anilines is 1. The van der Waals surface area contributed by atoms with Crippen molar-refractivity contribution in [3.05, 3.63) is 53.9 Å². The maximum Gasteiger partial charge on any atom is 0.272 e. The first-order valence-corrected chi connectivity index (χ1v) is 6.46. The molecule has 0 aliphatic heterocycles. The minimum Gasteiger partial charge on any atom is -0.488 e. The summed E-state index contributed by atoms with van der Waals surface area (Å²) >= 11 is 0. The van der Waals surface area contributed by atoms with Gasteiger partial charge in [-0.3, -0.25) is 4.98 Å². The summed E-state index contributed by atoms with van der Waals surface area (Å²) in [7, 11) is 0. The van der Waals surface area contributed by atoms with E-state index < -0.39 is 13.0 Å². The van der Waals surface area contributed by atoms with Crippen LogP contribution in [0.4, 0.5) is 14.5 Å². The molecule has 0 atom stereocenters. The summed E-state index contributed by atoms with van der Waals surface area (Å²) < 4.78 is 28.9. The zero-order valence-corrected chi connectivity index (χ0v) is 11.3. The molecule has 2 aromatic rings. The van der Waals surface area contributed by atoms with Crippen LogP contribution in [0.5, 0.6) is 5.75 Å². The van der Waals surface area contributed by atoms with Crippen molar-refractivity contribution in [1.82, 2.24) is 4.98 Å². The Morgan fingerprint density at radius 1 is 1.19 bits per heavy atom.